The Morgan fingerprint density at radius 3 is 2.05 bits per heavy atom. The molecule has 0 atom stereocenters. The van der Waals surface area contributed by atoms with E-state index in [2.05, 4.69) is 4.99 Å². The molecule has 0 bridgehead atoms. The minimum atomic E-state index is -0.371. The third kappa shape index (κ3) is 4.05. The monoisotopic (exact) mass is 303 g/mol. The quantitative estimate of drug-likeness (QED) is 0.599. The molecule has 0 aliphatic carbocycles. The minimum Gasteiger partial charge on any atom is -0.267 e. The van der Waals surface area contributed by atoms with Crippen molar-refractivity contribution in [3.63, 3.8) is 0 Å². The molecular weight excluding hydrogens is 293 g/mol. The van der Waals surface area contributed by atoms with Crippen LogP contribution < -0.4 is 0 Å². The maximum absolute atomic E-state index is 11.6. The first-order valence-corrected chi connectivity index (χ1v) is 6.67. The van der Waals surface area contributed by atoms with Gasteiger partial charge in [-0.3, -0.25) is 4.79 Å². The summed E-state index contributed by atoms with van der Waals surface area (Å²) in [5.74, 6) is -0.371. The average Bonchev–Trinajstić information content (AvgIpc) is 2.45. The van der Waals surface area contributed by atoms with Crippen LogP contribution in [0, 0.1) is 0 Å². The van der Waals surface area contributed by atoms with Gasteiger partial charge in [0.05, 0.1) is 0 Å². The van der Waals surface area contributed by atoms with Crippen LogP contribution in [-0.4, -0.2) is 12.1 Å². The van der Waals surface area contributed by atoms with Gasteiger partial charge in [0.2, 0.25) is 0 Å². The van der Waals surface area contributed by atoms with Crippen LogP contribution in [0.4, 0.5) is 0 Å². The zero-order valence-electron chi connectivity index (χ0n) is 10.5. The van der Waals surface area contributed by atoms with Crippen molar-refractivity contribution in [2.75, 3.05) is 0 Å². The molecule has 2 aromatic carbocycles. The molecule has 100 valence electrons. The lowest BCUT2D eigenvalue weighted by Crippen LogP contribution is -1.90. The Bertz CT molecular complexity index is 620. The normalized spacial score (nSPS) is 11.3. The Balaban J connectivity index is 2.07. The first kappa shape index (κ1) is 14.5. The second-order valence-electron chi connectivity index (χ2n) is 3.97. The van der Waals surface area contributed by atoms with E-state index in [0.29, 0.717) is 15.6 Å². The van der Waals surface area contributed by atoms with Crippen molar-refractivity contribution < 1.29 is 4.79 Å². The van der Waals surface area contributed by atoms with Crippen molar-refractivity contribution in [1.82, 2.24) is 0 Å². The first-order valence-electron chi connectivity index (χ1n) is 5.92. The van der Waals surface area contributed by atoms with Crippen LogP contribution in [0.15, 0.2) is 59.6 Å². The van der Waals surface area contributed by atoms with Crippen LogP contribution in [0.2, 0.25) is 10.0 Å². The van der Waals surface area contributed by atoms with Crippen molar-refractivity contribution in [3.8, 4) is 0 Å². The molecule has 4 heteroatoms. The molecule has 0 radical (unpaired) electrons. The topological polar surface area (TPSA) is 29.4 Å². The third-order valence-corrected chi connectivity index (χ3v) is 3.24. The van der Waals surface area contributed by atoms with Crippen molar-refractivity contribution in [3.05, 3.63) is 75.8 Å². The Hall–Kier alpha value is -1.90. The summed E-state index contributed by atoms with van der Waals surface area (Å²) >= 11 is 11.9. The summed E-state index contributed by atoms with van der Waals surface area (Å²) in [6.07, 6.45) is 4.45. The van der Waals surface area contributed by atoms with E-state index in [9.17, 15) is 4.79 Å². The second-order valence-corrected chi connectivity index (χ2v) is 4.79. The molecule has 1 amide bonds. The van der Waals surface area contributed by atoms with Crippen LogP contribution in [0.5, 0.6) is 0 Å². The lowest BCUT2D eigenvalue weighted by molar-refractivity contribution is -0.113. The van der Waals surface area contributed by atoms with Crippen LogP contribution in [-0.2, 0) is 4.79 Å². The number of hydrogen-bond acceptors (Lipinski definition) is 1. The highest BCUT2D eigenvalue weighted by Gasteiger charge is 1.97. The first-order chi connectivity index (χ1) is 9.66. The van der Waals surface area contributed by atoms with Gasteiger partial charge in [0.25, 0.3) is 5.91 Å². The molecule has 0 aromatic heterocycles. The highest BCUT2D eigenvalue weighted by Crippen LogP contribution is 2.16. The molecule has 0 spiro atoms. The van der Waals surface area contributed by atoms with E-state index in [1.54, 1.807) is 24.3 Å². The molecule has 0 saturated carbocycles. The Morgan fingerprint density at radius 1 is 0.900 bits per heavy atom. The van der Waals surface area contributed by atoms with Gasteiger partial charge in [0.15, 0.2) is 0 Å². The minimum absolute atomic E-state index is 0.371. The molecular formula is C16H11Cl2NO. The van der Waals surface area contributed by atoms with Crippen LogP contribution in [0.3, 0.4) is 0 Å². The number of halogens is 2. The maximum atomic E-state index is 11.6. The summed E-state index contributed by atoms with van der Waals surface area (Å²) in [4.78, 5) is 15.5. The lowest BCUT2D eigenvalue weighted by Gasteiger charge is -1.96. The molecule has 0 fully saturated rings. The zero-order valence-corrected chi connectivity index (χ0v) is 12.0. The van der Waals surface area contributed by atoms with E-state index in [1.807, 2.05) is 30.3 Å². The maximum Gasteiger partial charge on any atom is 0.269 e. The van der Waals surface area contributed by atoms with Crippen molar-refractivity contribution in [1.29, 1.82) is 0 Å². The molecule has 0 unspecified atom stereocenters. The summed E-state index contributed by atoms with van der Waals surface area (Å²) in [6, 6.07) is 14.4. The standard InChI is InChI=1S/C16H11Cl2NO/c17-14-7-3-1-5-12(14)9-10-16(20)19-11-13-6-2-4-8-15(13)18/h1-11H. The molecule has 0 saturated heterocycles. The van der Waals surface area contributed by atoms with Crippen molar-refractivity contribution >= 4 is 41.4 Å². The molecule has 2 aromatic rings. The fourth-order valence-electron chi connectivity index (χ4n) is 1.53. The van der Waals surface area contributed by atoms with E-state index in [0.717, 1.165) is 5.56 Å². The summed E-state index contributed by atoms with van der Waals surface area (Å²) in [5.41, 5.74) is 1.48. The fraction of sp³-hybridized carbons (Fsp3) is 0. The van der Waals surface area contributed by atoms with Gasteiger partial charge >= 0.3 is 0 Å². The number of hydrogen-bond donors (Lipinski definition) is 0. The van der Waals surface area contributed by atoms with Crippen LogP contribution in [0.1, 0.15) is 11.1 Å². The number of nitrogens with zero attached hydrogens (tertiary/aromatic N) is 1. The third-order valence-electron chi connectivity index (χ3n) is 2.55. The van der Waals surface area contributed by atoms with E-state index in [-0.39, 0.29) is 5.91 Å². The number of carbonyl (C=O) groups is 1. The van der Waals surface area contributed by atoms with E-state index < -0.39 is 0 Å². The molecule has 0 aliphatic heterocycles. The Labute approximate surface area is 127 Å². The second kappa shape index (κ2) is 7.04. The fourth-order valence-corrected chi connectivity index (χ4v) is 1.91. The molecule has 2 rings (SSSR count). The number of aliphatic imine (C=N–C) groups is 1. The molecule has 0 aliphatic rings. The van der Waals surface area contributed by atoms with Gasteiger partial charge in [-0.1, -0.05) is 59.6 Å². The van der Waals surface area contributed by atoms with Crippen molar-refractivity contribution in [2.45, 2.75) is 0 Å². The SMILES string of the molecule is O=C(C=Cc1ccccc1Cl)N=Cc1ccccc1Cl. The summed E-state index contributed by atoms with van der Waals surface area (Å²) in [6.45, 7) is 0. The zero-order chi connectivity index (χ0) is 14.4. The van der Waals surface area contributed by atoms with E-state index in [1.165, 1.54) is 12.3 Å². The van der Waals surface area contributed by atoms with Gasteiger partial charge in [0, 0.05) is 27.9 Å². The van der Waals surface area contributed by atoms with Crippen molar-refractivity contribution in [2.24, 2.45) is 4.99 Å². The Kier molecular flexibility index (Phi) is 5.10. The molecule has 2 nitrogen and oxygen atoms in total. The molecule has 0 N–H and O–H groups in total. The highest BCUT2D eigenvalue weighted by atomic mass is 35.5. The molecule has 20 heavy (non-hydrogen) atoms. The molecule has 0 heterocycles. The number of rotatable bonds is 3. The van der Waals surface area contributed by atoms with E-state index in [4.69, 9.17) is 23.2 Å². The highest BCUT2D eigenvalue weighted by molar-refractivity contribution is 6.33. The predicted molar refractivity (Wildman–Crippen MR) is 84.5 cm³/mol. The average molecular weight is 304 g/mol. The number of amides is 1. The van der Waals surface area contributed by atoms with Gasteiger partial charge in [-0.2, -0.15) is 0 Å². The summed E-state index contributed by atoms with van der Waals surface area (Å²) in [7, 11) is 0. The van der Waals surface area contributed by atoms with Crippen LogP contribution in [0.25, 0.3) is 6.08 Å². The van der Waals surface area contributed by atoms with Gasteiger partial charge in [-0.05, 0) is 23.8 Å². The van der Waals surface area contributed by atoms with Gasteiger partial charge in [0.1, 0.15) is 0 Å². The Morgan fingerprint density at radius 2 is 1.45 bits per heavy atom. The number of benzene rings is 2. The van der Waals surface area contributed by atoms with E-state index >= 15 is 0 Å². The number of carbonyl (C=O) groups excluding carboxylic acids is 1. The smallest absolute Gasteiger partial charge is 0.267 e. The summed E-state index contributed by atoms with van der Waals surface area (Å²) in [5, 5.41) is 1.14. The largest absolute Gasteiger partial charge is 0.269 e. The summed E-state index contributed by atoms with van der Waals surface area (Å²) < 4.78 is 0. The van der Waals surface area contributed by atoms with Crippen LogP contribution >= 0.6 is 23.2 Å². The van der Waals surface area contributed by atoms with Gasteiger partial charge < -0.3 is 0 Å². The predicted octanol–water partition coefficient (Wildman–Crippen LogP) is 4.65. The van der Waals surface area contributed by atoms with Gasteiger partial charge in [-0.15, -0.1) is 0 Å². The van der Waals surface area contributed by atoms with Gasteiger partial charge in [-0.25, -0.2) is 4.99 Å². The lowest BCUT2D eigenvalue weighted by atomic mass is 10.2.